The molecule has 0 bridgehead atoms. The Bertz CT molecular complexity index is 655. The van der Waals surface area contributed by atoms with Gasteiger partial charge in [-0.05, 0) is 42.3 Å². The Morgan fingerprint density at radius 3 is 2.44 bits per heavy atom. The Kier molecular flexibility index (Phi) is 7.07. The van der Waals surface area contributed by atoms with Crippen molar-refractivity contribution in [2.45, 2.75) is 13.8 Å². The number of ether oxygens (including phenoxy) is 2. The third-order valence-corrected chi connectivity index (χ3v) is 3.43. The average molecular weight is 343 g/mol. The fraction of sp³-hybridized carbons (Fsp3) is 0.368. The number of amides is 1. The van der Waals surface area contributed by atoms with E-state index in [1.54, 1.807) is 19.4 Å². The summed E-state index contributed by atoms with van der Waals surface area (Å²) in [4.78, 5) is 16.1. The largest absolute Gasteiger partial charge is 0.497 e. The topological polar surface area (TPSA) is 72.5 Å². The van der Waals surface area contributed by atoms with Gasteiger partial charge in [0.15, 0.2) is 0 Å². The molecule has 2 rings (SSSR count). The minimum Gasteiger partial charge on any atom is -0.497 e. The molecule has 0 aliphatic rings. The zero-order valence-electron chi connectivity index (χ0n) is 14.9. The quantitative estimate of drug-likeness (QED) is 0.685. The number of anilines is 1. The van der Waals surface area contributed by atoms with Crippen molar-refractivity contribution < 1.29 is 14.3 Å². The number of nitrogens with zero attached hydrogens (tertiary/aromatic N) is 1. The average Bonchev–Trinajstić information content (AvgIpc) is 2.64. The van der Waals surface area contributed by atoms with Crippen LogP contribution in [0, 0.1) is 5.92 Å². The van der Waals surface area contributed by atoms with Crippen LogP contribution in [0.5, 0.6) is 11.5 Å². The Balaban J connectivity index is 1.72. The van der Waals surface area contributed by atoms with Gasteiger partial charge in [-0.25, -0.2) is 4.98 Å². The zero-order valence-corrected chi connectivity index (χ0v) is 14.9. The van der Waals surface area contributed by atoms with E-state index in [0.29, 0.717) is 31.3 Å². The van der Waals surface area contributed by atoms with Crippen molar-refractivity contribution >= 4 is 11.6 Å². The van der Waals surface area contributed by atoms with E-state index in [9.17, 15) is 4.79 Å². The molecule has 134 valence electrons. The lowest BCUT2D eigenvalue weighted by Gasteiger charge is -2.10. The molecule has 0 spiro atoms. The maximum absolute atomic E-state index is 11.9. The summed E-state index contributed by atoms with van der Waals surface area (Å²) < 4.78 is 10.7. The smallest absolute Gasteiger partial charge is 0.269 e. The molecule has 0 fully saturated rings. The predicted octanol–water partition coefficient (Wildman–Crippen LogP) is 2.97. The van der Waals surface area contributed by atoms with E-state index in [2.05, 4.69) is 29.5 Å². The fourth-order valence-corrected chi connectivity index (χ4v) is 2.06. The molecule has 1 heterocycles. The number of pyridine rings is 1. The summed E-state index contributed by atoms with van der Waals surface area (Å²) in [5, 5.41) is 6.06. The van der Waals surface area contributed by atoms with Gasteiger partial charge in [-0.2, -0.15) is 0 Å². The first-order chi connectivity index (χ1) is 12.1. The molecule has 1 aromatic heterocycles. The van der Waals surface area contributed by atoms with Gasteiger partial charge in [0.2, 0.25) is 0 Å². The molecule has 0 unspecified atom stereocenters. The molecule has 25 heavy (non-hydrogen) atoms. The maximum Gasteiger partial charge on any atom is 0.269 e. The van der Waals surface area contributed by atoms with E-state index in [1.165, 1.54) is 0 Å². The number of nitrogens with one attached hydrogen (secondary N) is 2. The summed E-state index contributed by atoms with van der Waals surface area (Å²) in [5.41, 5.74) is 1.26. The molecule has 6 heteroatoms. The van der Waals surface area contributed by atoms with Gasteiger partial charge in [-0.3, -0.25) is 4.79 Å². The van der Waals surface area contributed by atoms with Crippen LogP contribution in [0.1, 0.15) is 24.3 Å². The van der Waals surface area contributed by atoms with Crippen LogP contribution in [0.4, 0.5) is 5.69 Å². The Hall–Kier alpha value is -2.76. The molecule has 6 nitrogen and oxygen atoms in total. The molecular formula is C19H25N3O3. The highest BCUT2D eigenvalue weighted by molar-refractivity contribution is 5.92. The molecular weight excluding hydrogens is 318 g/mol. The Morgan fingerprint density at radius 1 is 1.12 bits per heavy atom. The highest BCUT2D eigenvalue weighted by atomic mass is 16.5. The summed E-state index contributed by atoms with van der Waals surface area (Å²) in [7, 11) is 1.63. The van der Waals surface area contributed by atoms with Gasteiger partial charge >= 0.3 is 0 Å². The van der Waals surface area contributed by atoms with Gasteiger partial charge in [0.1, 0.15) is 23.8 Å². The van der Waals surface area contributed by atoms with Crippen molar-refractivity contribution in [2.24, 2.45) is 5.92 Å². The molecule has 2 aromatic rings. The van der Waals surface area contributed by atoms with Crippen LogP contribution in [0.3, 0.4) is 0 Å². The van der Waals surface area contributed by atoms with Crippen LogP contribution in [-0.2, 0) is 0 Å². The number of hydrogen-bond donors (Lipinski definition) is 2. The minimum absolute atomic E-state index is 0.150. The molecule has 0 radical (unpaired) electrons. The molecule has 0 aliphatic carbocycles. The van der Waals surface area contributed by atoms with E-state index in [1.807, 2.05) is 30.3 Å². The molecule has 1 amide bonds. The number of carbonyl (C=O) groups is 1. The normalized spacial score (nSPS) is 10.4. The number of carbonyl (C=O) groups excluding carboxylic acids is 1. The Labute approximate surface area is 148 Å². The van der Waals surface area contributed by atoms with Crippen LogP contribution in [0.15, 0.2) is 42.6 Å². The summed E-state index contributed by atoms with van der Waals surface area (Å²) in [6.45, 7) is 5.89. The van der Waals surface area contributed by atoms with E-state index < -0.39 is 0 Å². The maximum atomic E-state index is 11.9. The molecule has 1 aromatic carbocycles. The molecule has 0 saturated heterocycles. The predicted molar refractivity (Wildman–Crippen MR) is 98.4 cm³/mol. The van der Waals surface area contributed by atoms with E-state index >= 15 is 0 Å². The molecule has 2 N–H and O–H groups in total. The van der Waals surface area contributed by atoms with Gasteiger partial charge in [0.25, 0.3) is 5.91 Å². The highest BCUT2D eigenvalue weighted by Gasteiger charge is 2.07. The summed E-state index contributed by atoms with van der Waals surface area (Å²) in [6.07, 6.45) is 1.65. The van der Waals surface area contributed by atoms with Crippen LogP contribution < -0.4 is 20.1 Å². The summed E-state index contributed by atoms with van der Waals surface area (Å²) in [5.74, 6) is 1.85. The number of aromatic nitrogens is 1. The van der Waals surface area contributed by atoms with E-state index in [0.717, 1.165) is 17.2 Å². The number of benzene rings is 1. The third-order valence-electron chi connectivity index (χ3n) is 3.43. The SMILES string of the molecule is COc1ccc(OCCNc2ccc(C(=O)NCC(C)C)nc2)cc1. The second kappa shape index (κ2) is 9.52. The molecule has 0 saturated carbocycles. The zero-order chi connectivity index (χ0) is 18.1. The second-order valence-electron chi connectivity index (χ2n) is 5.99. The van der Waals surface area contributed by atoms with Crippen molar-refractivity contribution in [1.82, 2.24) is 10.3 Å². The van der Waals surface area contributed by atoms with Crippen LogP contribution in [-0.4, -0.2) is 37.7 Å². The van der Waals surface area contributed by atoms with Gasteiger partial charge in [-0.15, -0.1) is 0 Å². The summed E-state index contributed by atoms with van der Waals surface area (Å²) in [6, 6.07) is 11.0. The third kappa shape index (κ3) is 6.33. The van der Waals surface area contributed by atoms with Gasteiger partial charge < -0.3 is 20.1 Å². The number of methoxy groups -OCH3 is 1. The molecule has 0 aliphatic heterocycles. The van der Waals surface area contributed by atoms with Crippen LogP contribution in [0.2, 0.25) is 0 Å². The van der Waals surface area contributed by atoms with Crippen LogP contribution in [0.25, 0.3) is 0 Å². The van der Waals surface area contributed by atoms with Gasteiger partial charge in [-0.1, -0.05) is 13.8 Å². The van der Waals surface area contributed by atoms with Crippen molar-refractivity contribution in [2.75, 3.05) is 32.1 Å². The fourth-order valence-electron chi connectivity index (χ4n) is 2.06. The van der Waals surface area contributed by atoms with Crippen molar-refractivity contribution in [1.29, 1.82) is 0 Å². The van der Waals surface area contributed by atoms with Crippen molar-refractivity contribution in [3.63, 3.8) is 0 Å². The van der Waals surface area contributed by atoms with Crippen molar-refractivity contribution in [3.8, 4) is 11.5 Å². The lowest BCUT2D eigenvalue weighted by molar-refractivity contribution is 0.0944. The standard InChI is InChI=1S/C19H25N3O3/c1-14(2)12-22-19(23)18-9-4-15(13-21-18)20-10-11-25-17-7-5-16(24-3)6-8-17/h4-9,13-14,20H,10-12H2,1-3H3,(H,22,23). The summed E-state index contributed by atoms with van der Waals surface area (Å²) >= 11 is 0. The monoisotopic (exact) mass is 343 g/mol. The number of rotatable bonds is 9. The minimum atomic E-state index is -0.150. The lowest BCUT2D eigenvalue weighted by atomic mass is 10.2. The van der Waals surface area contributed by atoms with E-state index in [4.69, 9.17) is 9.47 Å². The number of hydrogen-bond acceptors (Lipinski definition) is 5. The first-order valence-corrected chi connectivity index (χ1v) is 8.33. The van der Waals surface area contributed by atoms with E-state index in [-0.39, 0.29) is 5.91 Å². The highest BCUT2D eigenvalue weighted by Crippen LogP contribution is 2.16. The van der Waals surface area contributed by atoms with Gasteiger partial charge in [0.05, 0.1) is 19.0 Å². The first kappa shape index (κ1) is 18.6. The first-order valence-electron chi connectivity index (χ1n) is 8.33. The van der Waals surface area contributed by atoms with Crippen LogP contribution >= 0.6 is 0 Å². The molecule has 0 atom stereocenters. The lowest BCUT2D eigenvalue weighted by Crippen LogP contribution is -2.28. The second-order valence-corrected chi connectivity index (χ2v) is 5.99. The van der Waals surface area contributed by atoms with Gasteiger partial charge in [0, 0.05) is 13.1 Å². The Morgan fingerprint density at radius 2 is 1.84 bits per heavy atom. The van der Waals surface area contributed by atoms with Crippen molar-refractivity contribution in [3.05, 3.63) is 48.3 Å².